The quantitative estimate of drug-likeness (QED) is 0.504. The third-order valence-corrected chi connectivity index (χ3v) is 11.7. The number of rotatable bonds is 3. The van der Waals surface area contributed by atoms with Crippen LogP contribution in [0.4, 0.5) is 0 Å². The number of hydrogen-bond acceptors (Lipinski definition) is 3. The summed E-state index contributed by atoms with van der Waals surface area (Å²) in [6.07, 6.45) is 9.81. The van der Waals surface area contributed by atoms with E-state index < -0.39 is 8.32 Å². The van der Waals surface area contributed by atoms with E-state index in [-0.39, 0.29) is 34.5 Å². The van der Waals surface area contributed by atoms with Gasteiger partial charge in [0, 0.05) is 12.0 Å². The highest BCUT2D eigenvalue weighted by molar-refractivity contribution is 6.74. The van der Waals surface area contributed by atoms with Gasteiger partial charge in [-0.25, -0.2) is 0 Å². The van der Waals surface area contributed by atoms with Crippen molar-refractivity contribution in [3.63, 3.8) is 0 Å². The van der Waals surface area contributed by atoms with E-state index in [1.807, 2.05) is 0 Å². The van der Waals surface area contributed by atoms with Crippen LogP contribution in [0.2, 0.25) is 18.1 Å². The van der Waals surface area contributed by atoms with Crippen molar-refractivity contribution in [1.82, 2.24) is 0 Å². The topological polar surface area (TPSA) is 43.4 Å². The standard InChI is InChI=1S/C24H42O3Si/c1-17(2)21-19-15-13-11-9-8-10-12-14-18(25)16-20(21)22(26)23(19)27-28(6,7)24(3,4)5/h16-17,19,21,23H,8-15H2,1-7H3/b20-16+/t19-,21-,23-/m1/s1. The van der Waals surface area contributed by atoms with Crippen LogP contribution in [0.5, 0.6) is 0 Å². The number of allylic oxidation sites excluding steroid dienone is 1. The third kappa shape index (κ3) is 5.44. The Morgan fingerprint density at radius 1 is 1.00 bits per heavy atom. The molecule has 2 aliphatic carbocycles. The molecule has 0 unspecified atom stereocenters. The SMILES string of the molecule is CC(C)[C@H]1/C2=C\C(=O)CCCCCCCC[C@H]1[C@@H](O[Si](C)(C)C(C)(C)C)C2=O. The first-order valence-electron chi connectivity index (χ1n) is 11.4. The molecule has 160 valence electrons. The molecule has 2 aliphatic rings. The maximum Gasteiger partial charge on any atom is 0.193 e. The molecular formula is C24H42O3Si. The van der Waals surface area contributed by atoms with Crippen LogP contribution in [0.3, 0.4) is 0 Å². The summed E-state index contributed by atoms with van der Waals surface area (Å²) in [5.41, 5.74) is 0.757. The van der Waals surface area contributed by atoms with Gasteiger partial charge in [0.2, 0.25) is 0 Å². The smallest absolute Gasteiger partial charge is 0.193 e. The highest BCUT2D eigenvalue weighted by Crippen LogP contribution is 2.47. The van der Waals surface area contributed by atoms with Gasteiger partial charge in [-0.05, 0) is 54.8 Å². The zero-order valence-corrected chi connectivity index (χ0v) is 20.3. The first kappa shape index (κ1) is 23.5. The molecule has 0 aromatic carbocycles. The first-order valence-corrected chi connectivity index (χ1v) is 14.3. The fourth-order valence-electron chi connectivity index (χ4n) is 4.56. The van der Waals surface area contributed by atoms with E-state index in [2.05, 4.69) is 47.7 Å². The molecule has 0 saturated heterocycles. The van der Waals surface area contributed by atoms with Gasteiger partial charge in [-0.1, -0.05) is 66.7 Å². The molecule has 2 bridgehead atoms. The predicted octanol–water partition coefficient (Wildman–Crippen LogP) is 6.48. The van der Waals surface area contributed by atoms with Crippen LogP contribution in [0.1, 0.15) is 86.0 Å². The lowest BCUT2D eigenvalue weighted by atomic mass is 9.80. The van der Waals surface area contributed by atoms with Gasteiger partial charge < -0.3 is 4.43 Å². The number of carbonyl (C=O) groups is 2. The summed E-state index contributed by atoms with van der Waals surface area (Å²) < 4.78 is 6.72. The zero-order chi connectivity index (χ0) is 21.1. The minimum Gasteiger partial charge on any atom is -0.406 e. The molecule has 0 N–H and O–H groups in total. The number of hydrogen-bond donors (Lipinski definition) is 0. The predicted molar refractivity (Wildman–Crippen MR) is 119 cm³/mol. The molecule has 0 heterocycles. The number of fused-ring (bicyclic) bond motifs is 2. The van der Waals surface area contributed by atoms with E-state index in [1.165, 1.54) is 19.3 Å². The maximum absolute atomic E-state index is 13.5. The van der Waals surface area contributed by atoms with Crippen LogP contribution in [0, 0.1) is 17.8 Å². The lowest BCUT2D eigenvalue weighted by Crippen LogP contribution is -2.47. The lowest BCUT2D eigenvalue weighted by molar-refractivity contribution is -0.122. The largest absolute Gasteiger partial charge is 0.406 e. The Kier molecular flexibility index (Phi) is 7.88. The van der Waals surface area contributed by atoms with E-state index in [1.54, 1.807) is 6.08 Å². The van der Waals surface area contributed by atoms with Crippen molar-refractivity contribution in [3.05, 3.63) is 11.6 Å². The molecule has 0 aromatic rings. The van der Waals surface area contributed by atoms with Crippen molar-refractivity contribution >= 4 is 19.9 Å². The minimum absolute atomic E-state index is 0.0638. The Morgan fingerprint density at radius 3 is 2.14 bits per heavy atom. The minimum atomic E-state index is -2.07. The third-order valence-electron chi connectivity index (χ3n) is 7.23. The van der Waals surface area contributed by atoms with Crippen LogP contribution >= 0.6 is 0 Å². The summed E-state index contributed by atoms with van der Waals surface area (Å²) >= 11 is 0. The average molecular weight is 407 g/mol. The fourth-order valence-corrected chi connectivity index (χ4v) is 5.83. The monoisotopic (exact) mass is 406 g/mol. The van der Waals surface area contributed by atoms with Gasteiger partial charge in [0.05, 0.1) is 0 Å². The van der Waals surface area contributed by atoms with Crippen molar-refractivity contribution in [1.29, 1.82) is 0 Å². The van der Waals surface area contributed by atoms with Crippen molar-refractivity contribution in [2.75, 3.05) is 0 Å². The molecule has 0 amide bonds. The summed E-state index contributed by atoms with van der Waals surface area (Å²) in [7, 11) is -2.07. The molecule has 3 atom stereocenters. The highest BCUT2D eigenvalue weighted by atomic mass is 28.4. The number of Topliss-reactive ketones (excluding diaryl/α,β-unsaturated/α-hetero) is 1. The number of carbonyl (C=O) groups excluding carboxylic acids is 2. The average Bonchev–Trinajstić information content (AvgIpc) is 2.81. The van der Waals surface area contributed by atoms with E-state index in [4.69, 9.17) is 4.43 Å². The molecule has 3 nitrogen and oxygen atoms in total. The second-order valence-electron chi connectivity index (χ2n) is 10.8. The van der Waals surface area contributed by atoms with Gasteiger partial charge in [-0.2, -0.15) is 0 Å². The van der Waals surface area contributed by atoms with Crippen molar-refractivity contribution in [2.24, 2.45) is 17.8 Å². The summed E-state index contributed by atoms with van der Waals surface area (Å²) in [5, 5.41) is 0.0638. The summed E-state index contributed by atoms with van der Waals surface area (Å²) in [4.78, 5) is 26.1. The second-order valence-corrected chi connectivity index (χ2v) is 15.6. The summed E-state index contributed by atoms with van der Waals surface area (Å²) in [6.45, 7) is 15.5. The molecular weight excluding hydrogens is 364 g/mol. The molecule has 28 heavy (non-hydrogen) atoms. The van der Waals surface area contributed by atoms with Crippen LogP contribution < -0.4 is 0 Å². The normalized spacial score (nSPS) is 30.4. The van der Waals surface area contributed by atoms with Gasteiger partial charge in [-0.15, -0.1) is 0 Å². The van der Waals surface area contributed by atoms with Crippen LogP contribution in [-0.4, -0.2) is 26.0 Å². The molecule has 0 radical (unpaired) electrons. The Bertz CT molecular complexity index is 597. The van der Waals surface area contributed by atoms with Gasteiger partial charge in [-0.3, -0.25) is 9.59 Å². The Balaban J connectivity index is 2.42. The first-order chi connectivity index (χ1) is 13.0. The van der Waals surface area contributed by atoms with Crippen LogP contribution in [0.15, 0.2) is 11.6 Å². The van der Waals surface area contributed by atoms with E-state index in [9.17, 15) is 9.59 Å². The van der Waals surface area contributed by atoms with E-state index in [0.29, 0.717) is 12.3 Å². The van der Waals surface area contributed by atoms with Crippen molar-refractivity contribution in [2.45, 2.75) is 110 Å². The number of ketones is 2. The van der Waals surface area contributed by atoms with E-state index >= 15 is 0 Å². The molecule has 0 aliphatic heterocycles. The highest BCUT2D eigenvalue weighted by Gasteiger charge is 2.51. The summed E-state index contributed by atoms with van der Waals surface area (Å²) in [6, 6.07) is 0. The zero-order valence-electron chi connectivity index (χ0n) is 19.3. The van der Waals surface area contributed by atoms with Crippen molar-refractivity contribution in [3.8, 4) is 0 Å². The Hall–Kier alpha value is -0.743. The second kappa shape index (κ2) is 9.38. The van der Waals surface area contributed by atoms with Crippen LogP contribution in [0.25, 0.3) is 0 Å². The Labute approximate surface area is 173 Å². The van der Waals surface area contributed by atoms with Crippen LogP contribution in [-0.2, 0) is 14.0 Å². The fraction of sp³-hybridized carbons (Fsp3) is 0.833. The Morgan fingerprint density at radius 2 is 1.57 bits per heavy atom. The maximum atomic E-state index is 13.5. The van der Waals surface area contributed by atoms with Gasteiger partial charge in [0.25, 0.3) is 0 Å². The molecule has 0 spiro atoms. The summed E-state index contributed by atoms with van der Waals surface area (Å²) in [5.74, 6) is 0.915. The van der Waals surface area contributed by atoms with Gasteiger partial charge in [0.15, 0.2) is 19.9 Å². The van der Waals surface area contributed by atoms with Gasteiger partial charge in [0.1, 0.15) is 6.10 Å². The molecule has 2 rings (SSSR count). The lowest BCUT2D eigenvalue weighted by Gasteiger charge is -2.40. The van der Waals surface area contributed by atoms with Crippen molar-refractivity contribution < 1.29 is 14.0 Å². The molecule has 1 fully saturated rings. The molecule has 0 aromatic heterocycles. The van der Waals surface area contributed by atoms with E-state index in [0.717, 1.165) is 31.3 Å². The molecule has 1 saturated carbocycles. The molecule has 4 heteroatoms. The van der Waals surface area contributed by atoms with Gasteiger partial charge >= 0.3 is 0 Å².